The molecule has 0 aliphatic carbocycles. The lowest BCUT2D eigenvalue weighted by Crippen LogP contribution is -2.14. The molecule has 2 nitrogen and oxygen atoms in total. The molecular formula is C10H16O2. The van der Waals surface area contributed by atoms with Crippen LogP contribution in [0.15, 0.2) is 0 Å². The van der Waals surface area contributed by atoms with Gasteiger partial charge >= 0.3 is 5.97 Å². The third-order valence-corrected chi connectivity index (χ3v) is 1.69. The summed E-state index contributed by atoms with van der Waals surface area (Å²) >= 11 is 0. The van der Waals surface area contributed by atoms with Crippen LogP contribution in [0.1, 0.15) is 33.1 Å². The molecule has 1 unspecified atom stereocenters. The largest absolute Gasteiger partial charge is 0.452 e. The van der Waals surface area contributed by atoms with Gasteiger partial charge < -0.3 is 4.74 Å². The number of terminal acetylenes is 1. The second-order valence-electron chi connectivity index (χ2n) is 2.86. The van der Waals surface area contributed by atoms with Crippen LogP contribution in [0.5, 0.6) is 0 Å². The van der Waals surface area contributed by atoms with Gasteiger partial charge in [-0.2, -0.15) is 0 Å². The predicted molar refractivity (Wildman–Crippen MR) is 48.5 cm³/mol. The van der Waals surface area contributed by atoms with E-state index in [0.717, 1.165) is 19.3 Å². The van der Waals surface area contributed by atoms with Crippen molar-refractivity contribution in [2.24, 2.45) is 5.92 Å². The van der Waals surface area contributed by atoms with Gasteiger partial charge in [-0.05, 0) is 6.42 Å². The molecule has 0 rings (SSSR count). The summed E-state index contributed by atoms with van der Waals surface area (Å²) in [5.41, 5.74) is 0. The minimum atomic E-state index is -0.179. The first-order valence-electron chi connectivity index (χ1n) is 4.32. The Labute approximate surface area is 74.3 Å². The highest BCUT2D eigenvalue weighted by Gasteiger charge is 2.12. The molecule has 0 aromatic carbocycles. The SMILES string of the molecule is C#CCOC(=O)C(C)CCCC. The second kappa shape index (κ2) is 6.72. The topological polar surface area (TPSA) is 26.3 Å². The number of hydrogen-bond donors (Lipinski definition) is 0. The van der Waals surface area contributed by atoms with E-state index in [0.29, 0.717) is 0 Å². The maximum Gasteiger partial charge on any atom is 0.309 e. The quantitative estimate of drug-likeness (QED) is 0.463. The van der Waals surface area contributed by atoms with Crippen molar-refractivity contribution in [3.05, 3.63) is 0 Å². The minimum absolute atomic E-state index is 0.0155. The Bertz CT molecular complexity index is 167. The third kappa shape index (κ3) is 4.79. The number of unbranched alkanes of at least 4 members (excludes halogenated alkanes) is 1. The van der Waals surface area contributed by atoms with Crippen molar-refractivity contribution in [1.82, 2.24) is 0 Å². The number of rotatable bonds is 5. The van der Waals surface area contributed by atoms with E-state index < -0.39 is 0 Å². The molecule has 2 heteroatoms. The number of carbonyl (C=O) groups excluding carboxylic acids is 1. The van der Waals surface area contributed by atoms with Crippen LogP contribution in [0.4, 0.5) is 0 Å². The van der Waals surface area contributed by atoms with Gasteiger partial charge in [0.2, 0.25) is 0 Å². The zero-order chi connectivity index (χ0) is 9.40. The molecule has 0 saturated carbocycles. The van der Waals surface area contributed by atoms with Gasteiger partial charge in [-0.15, -0.1) is 6.42 Å². The van der Waals surface area contributed by atoms with E-state index in [-0.39, 0.29) is 18.5 Å². The first-order valence-corrected chi connectivity index (χ1v) is 4.32. The van der Waals surface area contributed by atoms with Crippen LogP contribution in [-0.4, -0.2) is 12.6 Å². The minimum Gasteiger partial charge on any atom is -0.452 e. The zero-order valence-corrected chi connectivity index (χ0v) is 7.80. The van der Waals surface area contributed by atoms with Gasteiger partial charge in [0.05, 0.1) is 5.92 Å². The number of carbonyl (C=O) groups is 1. The molecule has 0 aliphatic heterocycles. The standard InChI is InChI=1S/C10H16O2/c1-4-6-7-9(3)10(11)12-8-5-2/h2,9H,4,6-8H2,1,3H3. The molecule has 0 N–H and O–H groups in total. The molecule has 12 heavy (non-hydrogen) atoms. The van der Waals surface area contributed by atoms with Crippen LogP contribution < -0.4 is 0 Å². The molecule has 0 bridgehead atoms. The first kappa shape index (κ1) is 11.0. The normalized spacial score (nSPS) is 11.8. The molecule has 68 valence electrons. The molecule has 0 saturated heterocycles. The fraction of sp³-hybridized carbons (Fsp3) is 0.700. The van der Waals surface area contributed by atoms with Crippen molar-refractivity contribution in [2.75, 3.05) is 6.61 Å². The second-order valence-corrected chi connectivity index (χ2v) is 2.86. The van der Waals surface area contributed by atoms with Gasteiger partial charge in [0, 0.05) is 0 Å². The number of esters is 1. The van der Waals surface area contributed by atoms with Crippen LogP contribution in [-0.2, 0) is 9.53 Å². The van der Waals surface area contributed by atoms with Crippen LogP contribution >= 0.6 is 0 Å². The van der Waals surface area contributed by atoms with E-state index in [1.54, 1.807) is 0 Å². The summed E-state index contributed by atoms with van der Waals surface area (Å²) in [7, 11) is 0. The average molecular weight is 168 g/mol. The Kier molecular flexibility index (Phi) is 6.18. The van der Waals surface area contributed by atoms with E-state index in [1.165, 1.54) is 0 Å². The van der Waals surface area contributed by atoms with Crippen LogP contribution in [0.25, 0.3) is 0 Å². The number of hydrogen-bond acceptors (Lipinski definition) is 2. The van der Waals surface area contributed by atoms with Gasteiger partial charge in [-0.3, -0.25) is 4.79 Å². The summed E-state index contributed by atoms with van der Waals surface area (Å²) in [5.74, 6) is 2.07. The predicted octanol–water partition coefficient (Wildman–Crippen LogP) is 1.99. The summed E-state index contributed by atoms with van der Waals surface area (Å²) in [6.07, 6.45) is 8.00. The highest BCUT2D eigenvalue weighted by atomic mass is 16.5. The Morgan fingerprint density at radius 3 is 2.83 bits per heavy atom. The molecule has 0 heterocycles. The Morgan fingerprint density at radius 2 is 2.33 bits per heavy atom. The molecule has 0 aliphatic rings. The van der Waals surface area contributed by atoms with Crippen LogP contribution in [0.2, 0.25) is 0 Å². The average Bonchev–Trinajstić information content (AvgIpc) is 2.10. The van der Waals surface area contributed by atoms with Crippen molar-refractivity contribution in [1.29, 1.82) is 0 Å². The Balaban J connectivity index is 3.55. The molecule has 0 aromatic rings. The number of ether oxygens (including phenoxy) is 1. The van der Waals surface area contributed by atoms with Gasteiger partial charge in [-0.1, -0.05) is 32.6 Å². The summed E-state index contributed by atoms with van der Waals surface area (Å²) < 4.78 is 4.77. The highest BCUT2D eigenvalue weighted by Crippen LogP contribution is 2.08. The Hall–Kier alpha value is -0.970. The Morgan fingerprint density at radius 1 is 1.67 bits per heavy atom. The fourth-order valence-corrected chi connectivity index (χ4v) is 0.883. The molecule has 0 spiro atoms. The first-order chi connectivity index (χ1) is 5.72. The maximum absolute atomic E-state index is 11.1. The van der Waals surface area contributed by atoms with Gasteiger partial charge in [0.25, 0.3) is 0 Å². The molecule has 0 amide bonds. The summed E-state index contributed by atoms with van der Waals surface area (Å²) in [5, 5.41) is 0. The lowest BCUT2D eigenvalue weighted by atomic mass is 10.1. The van der Waals surface area contributed by atoms with Crippen molar-refractivity contribution < 1.29 is 9.53 Å². The van der Waals surface area contributed by atoms with E-state index in [4.69, 9.17) is 11.2 Å². The summed E-state index contributed by atoms with van der Waals surface area (Å²) in [6.45, 7) is 4.06. The molecular weight excluding hydrogens is 152 g/mol. The van der Waals surface area contributed by atoms with E-state index >= 15 is 0 Å². The molecule has 1 atom stereocenters. The highest BCUT2D eigenvalue weighted by molar-refractivity contribution is 5.72. The van der Waals surface area contributed by atoms with Crippen molar-refractivity contribution in [2.45, 2.75) is 33.1 Å². The van der Waals surface area contributed by atoms with E-state index in [9.17, 15) is 4.79 Å². The lowest BCUT2D eigenvalue weighted by Gasteiger charge is -2.08. The summed E-state index contributed by atoms with van der Waals surface area (Å²) in [6, 6.07) is 0. The molecule has 0 aromatic heterocycles. The fourth-order valence-electron chi connectivity index (χ4n) is 0.883. The van der Waals surface area contributed by atoms with Crippen molar-refractivity contribution in [3.8, 4) is 12.3 Å². The maximum atomic E-state index is 11.1. The van der Waals surface area contributed by atoms with Gasteiger partial charge in [0.1, 0.15) is 0 Å². The molecule has 0 radical (unpaired) electrons. The smallest absolute Gasteiger partial charge is 0.309 e. The zero-order valence-electron chi connectivity index (χ0n) is 7.80. The van der Waals surface area contributed by atoms with Gasteiger partial charge in [0.15, 0.2) is 6.61 Å². The summed E-state index contributed by atoms with van der Waals surface area (Å²) in [4.78, 5) is 11.1. The molecule has 0 fully saturated rings. The van der Waals surface area contributed by atoms with Crippen LogP contribution in [0, 0.1) is 18.3 Å². The van der Waals surface area contributed by atoms with Crippen molar-refractivity contribution in [3.63, 3.8) is 0 Å². The van der Waals surface area contributed by atoms with Gasteiger partial charge in [-0.25, -0.2) is 0 Å². The monoisotopic (exact) mass is 168 g/mol. The lowest BCUT2D eigenvalue weighted by molar-refractivity contribution is -0.146. The van der Waals surface area contributed by atoms with Crippen LogP contribution in [0.3, 0.4) is 0 Å². The van der Waals surface area contributed by atoms with Crippen molar-refractivity contribution >= 4 is 5.97 Å². The van der Waals surface area contributed by atoms with E-state index in [1.807, 2.05) is 6.92 Å². The third-order valence-electron chi connectivity index (χ3n) is 1.69. The van der Waals surface area contributed by atoms with E-state index in [2.05, 4.69) is 12.8 Å².